The van der Waals surface area contributed by atoms with E-state index >= 15 is 0 Å². The summed E-state index contributed by atoms with van der Waals surface area (Å²) in [6.07, 6.45) is 3.05. The first kappa shape index (κ1) is 26.6. The number of guanidine groups is 1. The lowest BCUT2D eigenvalue weighted by atomic mass is 9.98. The number of amides is 2. The lowest BCUT2D eigenvalue weighted by molar-refractivity contribution is -0.143. The first-order valence-corrected chi connectivity index (χ1v) is 9.98. The maximum Gasteiger partial charge on any atom is 0.326 e. The Morgan fingerprint density at radius 3 is 2.21 bits per heavy atom. The van der Waals surface area contributed by atoms with E-state index < -0.39 is 35.9 Å². The number of nitrogens with one attached hydrogen (secondary N) is 2. The maximum atomic E-state index is 12.7. The number of aliphatic carboxylic acids is 1. The minimum atomic E-state index is -1.11. The van der Waals surface area contributed by atoms with Crippen molar-refractivity contribution < 1.29 is 19.5 Å². The van der Waals surface area contributed by atoms with Gasteiger partial charge in [-0.2, -0.15) is 0 Å². The van der Waals surface area contributed by atoms with Crippen molar-refractivity contribution in [1.29, 1.82) is 0 Å². The molecule has 0 saturated carbocycles. The Bertz CT molecular complexity index is 552. The number of nitrogens with two attached hydrogens (primary N) is 4. The number of rotatable bonds is 15. The third-order valence-corrected chi connectivity index (χ3v) is 4.66. The average Bonchev–Trinajstić information content (AvgIpc) is 2.67. The summed E-state index contributed by atoms with van der Waals surface area (Å²) < 4.78 is 0. The van der Waals surface area contributed by atoms with Gasteiger partial charge in [0.1, 0.15) is 12.1 Å². The fraction of sp³-hybridized carbons (Fsp3) is 0.778. The van der Waals surface area contributed by atoms with Crippen molar-refractivity contribution in [2.45, 2.75) is 70.5 Å². The van der Waals surface area contributed by atoms with Crippen LogP contribution in [0.4, 0.5) is 0 Å². The molecule has 0 aromatic carbocycles. The van der Waals surface area contributed by atoms with Gasteiger partial charge >= 0.3 is 5.97 Å². The van der Waals surface area contributed by atoms with Gasteiger partial charge in [0, 0.05) is 6.54 Å². The van der Waals surface area contributed by atoms with Gasteiger partial charge in [-0.05, 0) is 44.6 Å². The summed E-state index contributed by atoms with van der Waals surface area (Å²) in [5, 5.41) is 14.5. The molecule has 0 aliphatic heterocycles. The lowest BCUT2D eigenvalue weighted by Gasteiger charge is -2.25. The normalized spacial score (nSPS) is 14.9. The molecule has 0 spiro atoms. The summed E-state index contributed by atoms with van der Waals surface area (Å²) in [5.41, 5.74) is 21.9. The molecule has 0 aliphatic carbocycles. The molecule has 0 heterocycles. The second kappa shape index (κ2) is 14.6. The molecule has 0 aliphatic rings. The van der Waals surface area contributed by atoms with Gasteiger partial charge in [0.15, 0.2) is 5.96 Å². The number of carbonyl (C=O) groups excluding carboxylic acids is 2. The molecular formula is C18H37N7O4. The summed E-state index contributed by atoms with van der Waals surface area (Å²) in [4.78, 5) is 40.3. The van der Waals surface area contributed by atoms with Crippen LogP contribution in [0.15, 0.2) is 4.99 Å². The first-order chi connectivity index (χ1) is 13.6. The van der Waals surface area contributed by atoms with Crippen molar-refractivity contribution in [3.8, 4) is 0 Å². The number of nitrogens with zero attached hydrogens (tertiary/aromatic N) is 1. The summed E-state index contributed by atoms with van der Waals surface area (Å²) in [5.74, 6) is -2.44. The number of carbonyl (C=O) groups is 3. The molecule has 0 saturated heterocycles. The van der Waals surface area contributed by atoms with Gasteiger partial charge in [-0.25, -0.2) is 4.79 Å². The van der Waals surface area contributed by atoms with E-state index in [0.717, 1.165) is 0 Å². The van der Waals surface area contributed by atoms with Crippen molar-refractivity contribution in [3.05, 3.63) is 0 Å². The van der Waals surface area contributed by atoms with E-state index in [1.165, 1.54) is 0 Å². The topological polar surface area (TPSA) is 212 Å². The van der Waals surface area contributed by atoms with Crippen LogP contribution in [0.25, 0.3) is 0 Å². The van der Waals surface area contributed by atoms with Crippen LogP contribution in [-0.2, 0) is 14.4 Å². The Morgan fingerprint density at radius 2 is 1.69 bits per heavy atom. The standard InChI is InChI=1S/C18H37N7O4/c1-3-11(2)14(17(28)29)25-16(27)13(8-4-5-9-19)24-15(26)12(20)7-6-10-23-18(21)22/h11-14H,3-10,19-20H2,1-2H3,(H,24,26)(H,25,27)(H,28,29)(H4,21,22,23). The maximum absolute atomic E-state index is 12.7. The highest BCUT2D eigenvalue weighted by molar-refractivity contribution is 5.91. The van der Waals surface area contributed by atoms with E-state index in [-0.39, 0.29) is 11.9 Å². The van der Waals surface area contributed by atoms with Gasteiger partial charge in [-0.1, -0.05) is 20.3 Å². The van der Waals surface area contributed by atoms with E-state index in [1.807, 2.05) is 6.92 Å². The molecular weight excluding hydrogens is 378 g/mol. The number of aliphatic imine (C=N–C) groups is 1. The summed E-state index contributed by atoms with van der Waals surface area (Å²) in [7, 11) is 0. The van der Waals surface area contributed by atoms with Gasteiger partial charge in [-0.15, -0.1) is 0 Å². The number of carboxylic acids is 1. The molecule has 0 fully saturated rings. The summed E-state index contributed by atoms with van der Waals surface area (Å²) in [6.45, 7) is 4.39. The van der Waals surface area contributed by atoms with Crippen LogP contribution in [0.1, 0.15) is 52.4 Å². The zero-order valence-electron chi connectivity index (χ0n) is 17.4. The predicted octanol–water partition coefficient (Wildman–Crippen LogP) is -1.40. The number of hydrogen-bond donors (Lipinski definition) is 7. The van der Waals surface area contributed by atoms with Crippen LogP contribution >= 0.6 is 0 Å². The fourth-order valence-electron chi connectivity index (χ4n) is 2.63. The fourth-order valence-corrected chi connectivity index (χ4v) is 2.63. The number of carboxylic acid groups (broad SMARTS) is 1. The van der Waals surface area contributed by atoms with Gasteiger partial charge < -0.3 is 38.7 Å². The Labute approximate surface area is 172 Å². The molecule has 29 heavy (non-hydrogen) atoms. The number of unbranched alkanes of at least 4 members (excludes halogenated alkanes) is 1. The van der Waals surface area contributed by atoms with E-state index in [0.29, 0.717) is 51.6 Å². The smallest absolute Gasteiger partial charge is 0.326 e. The third kappa shape index (κ3) is 11.3. The van der Waals surface area contributed by atoms with E-state index in [2.05, 4.69) is 15.6 Å². The van der Waals surface area contributed by atoms with E-state index in [4.69, 9.17) is 22.9 Å². The minimum Gasteiger partial charge on any atom is -0.480 e. The van der Waals surface area contributed by atoms with E-state index in [1.54, 1.807) is 6.92 Å². The first-order valence-electron chi connectivity index (χ1n) is 9.98. The highest BCUT2D eigenvalue weighted by Crippen LogP contribution is 2.10. The molecule has 0 aromatic rings. The zero-order valence-corrected chi connectivity index (χ0v) is 17.4. The Balaban J connectivity index is 4.96. The quantitative estimate of drug-likeness (QED) is 0.0956. The molecule has 11 N–H and O–H groups in total. The van der Waals surface area contributed by atoms with Crippen molar-refractivity contribution in [2.24, 2.45) is 33.8 Å². The Hall–Kier alpha value is -2.40. The third-order valence-electron chi connectivity index (χ3n) is 4.66. The van der Waals surface area contributed by atoms with E-state index in [9.17, 15) is 19.5 Å². The van der Waals surface area contributed by atoms with Crippen LogP contribution in [0, 0.1) is 5.92 Å². The van der Waals surface area contributed by atoms with Crippen molar-refractivity contribution in [3.63, 3.8) is 0 Å². The molecule has 0 rings (SSSR count). The summed E-state index contributed by atoms with van der Waals surface area (Å²) >= 11 is 0. The highest BCUT2D eigenvalue weighted by atomic mass is 16.4. The van der Waals surface area contributed by atoms with Crippen LogP contribution < -0.4 is 33.6 Å². The second-order valence-electron chi connectivity index (χ2n) is 7.11. The zero-order chi connectivity index (χ0) is 22.4. The molecule has 168 valence electrons. The van der Waals surface area contributed by atoms with Gasteiger partial charge in [0.05, 0.1) is 6.04 Å². The molecule has 0 aromatic heterocycles. The van der Waals surface area contributed by atoms with Crippen LogP contribution in [0.3, 0.4) is 0 Å². The second-order valence-corrected chi connectivity index (χ2v) is 7.11. The van der Waals surface area contributed by atoms with Gasteiger partial charge in [0.2, 0.25) is 11.8 Å². The molecule has 11 heteroatoms. The molecule has 0 radical (unpaired) electrons. The summed E-state index contributed by atoms with van der Waals surface area (Å²) in [6, 6.07) is -2.75. The SMILES string of the molecule is CCC(C)C(NC(=O)C(CCCCN)NC(=O)C(N)CCCN=C(N)N)C(=O)O. The Kier molecular flexibility index (Phi) is 13.4. The van der Waals surface area contributed by atoms with Gasteiger partial charge in [0.25, 0.3) is 0 Å². The van der Waals surface area contributed by atoms with Crippen LogP contribution in [-0.4, -0.2) is 60.1 Å². The molecule has 11 nitrogen and oxygen atoms in total. The molecule has 4 atom stereocenters. The predicted molar refractivity (Wildman–Crippen MR) is 112 cm³/mol. The monoisotopic (exact) mass is 415 g/mol. The lowest BCUT2D eigenvalue weighted by Crippen LogP contribution is -2.55. The number of hydrogen-bond acceptors (Lipinski definition) is 6. The van der Waals surface area contributed by atoms with Crippen LogP contribution in [0.2, 0.25) is 0 Å². The minimum absolute atomic E-state index is 0.0334. The largest absolute Gasteiger partial charge is 0.480 e. The molecule has 2 amide bonds. The van der Waals surface area contributed by atoms with Crippen molar-refractivity contribution >= 4 is 23.7 Å². The molecule has 4 unspecified atom stereocenters. The van der Waals surface area contributed by atoms with Crippen molar-refractivity contribution in [2.75, 3.05) is 13.1 Å². The average molecular weight is 416 g/mol. The van der Waals surface area contributed by atoms with Crippen molar-refractivity contribution in [1.82, 2.24) is 10.6 Å². The Morgan fingerprint density at radius 1 is 1.03 bits per heavy atom. The molecule has 0 bridgehead atoms. The van der Waals surface area contributed by atoms with Gasteiger partial charge in [-0.3, -0.25) is 14.6 Å². The highest BCUT2D eigenvalue weighted by Gasteiger charge is 2.30. The van der Waals surface area contributed by atoms with Crippen LogP contribution in [0.5, 0.6) is 0 Å².